The number of hydrogen-bond donors (Lipinski definition) is 0. The number of aromatic nitrogens is 9. The van der Waals surface area contributed by atoms with Crippen LogP contribution in [0.2, 0.25) is 0 Å². The summed E-state index contributed by atoms with van der Waals surface area (Å²) in [5.41, 5.74) is 15.6. The highest BCUT2D eigenvalue weighted by Crippen LogP contribution is 2.41. The Labute approximate surface area is 434 Å². The molecule has 9 aromatic carbocycles. The van der Waals surface area contributed by atoms with Gasteiger partial charge in [-0.3, -0.25) is 9.97 Å². The van der Waals surface area contributed by atoms with Gasteiger partial charge in [-0.2, -0.15) is 0 Å². The molecule has 0 aliphatic carbocycles. The second-order valence-corrected chi connectivity index (χ2v) is 19.4. The molecule has 0 spiro atoms. The lowest BCUT2D eigenvalue weighted by atomic mass is 10.1. The van der Waals surface area contributed by atoms with E-state index in [0.29, 0.717) is 17.5 Å². The lowest BCUT2D eigenvalue weighted by Crippen LogP contribution is -2.03. The van der Waals surface area contributed by atoms with Crippen molar-refractivity contribution in [2.24, 2.45) is 0 Å². The van der Waals surface area contributed by atoms with Crippen LogP contribution >= 0.6 is 0 Å². The number of hydrogen-bond acceptors (Lipinski definition) is 5. The standard InChI is InChI=1S/C67H41N9/c1-3-15-42(16-4-1)65-70-66(43-17-5-2-6-18-43)72-67(71-65)44-35-47(75-57-23-11-7-19-49(57)53-38-45(27-29-61(53)75)73-59-25-13-9-21-51(59)55-40-68-33-31-63(55)73)37-48(36-44)76-58-24-12-8-20-50(58)54-39-46(28-30-62(54)76)74-60-26-14-10-22-52(60)56-41-69-34-32-64(56)74/h1-41H. The van der Waals surface area contributed by atoms with Gasteiger partial charge in [0.15, 0.2) is 17.5 Å². The maximum absolute atomic E-state index is 5.32. The fourth-order valence-electron chi connectivity index (χ4n) is 11.9. The Kier molecular flexibility index (Phi) is 9.13. The van der Waals surface area contributed by atoms with Gasteiger partial charge in [0, 0.05) is 107 Å². The Morgan fingerprint density at radius 3 is 0.974 bits per heavy atom. The predicted molar refractivity (Wildman–Crippen MR) is 309 cm³/mol. The lowest BCUT2D eigenvalue weighted by Gasteiger charge is -2.16. The van der Waals surface area contributed by atoms with Crippen molar-refractivity contribution in [2.75, 3.05) is 0 Å². The lowest BCUT2D eigenvalue weighted by molar-refractivity contribution is 1.07. The number of fused-ring (bicyclic) bond motifs is 12. The Bertz CT molecular complexity index is 4590. The summed E-state index contributed by atoms with van der Waals surface area (Å²) in [4.78, 5) is 24.8. The quantitative estimate of drug-likeness (QED) is 0.159. The average molecular weight is 972 g/mol. The summed E-state index contributed by atoms with van der Waals surface area (Å²) in [5.74, 6) is 1.78. The van der Waals surface area contributed by atoms with E-state index < -0.39 is 0 Å². The highest BCUT2D eigenvalue weighted by Gasteiger charge is 2.22. The van der Waals surface area contributed by atoms with E-state index in [1.54, 1.807) is 0 Å². The average Bonchev–Trinajstić information content (AvgIpc) is 4.36. The summed E-state index contributed by atoms with van der Waals surface area (Å²) >= 11 is 0. The molecule has 7 heterocycles. The molecule has 16 rings (SSSR count). The van der Waals surface area contributed by atoms with Crippen LogP contribution in [-0.2, 0) is 0 Å². The van der Waals surface area contributed by atoms with Gasteiger partial charge in [-0.05, 0) is 91.0 Å². The number of para-hydroxylation sites is 4. The van der Waals surface area contributed by atoms with E-state index >= 15 is 0 Å². The van der Waals surface area contributed by atoms with Crippen LogP contribution in [0.1, 0.15) is 0 Å². The van der Waals surface area contributed by atoms with E-state index in [1.165, 1.54) is 10.8 Å². The van der Waals surface area contributed by atoms with Crippen LogP contribution in [0.25, 0.3) is 144 Å². The fourth-order valence-corrected chi connectivity index (χ4v) is 11.9. The Balaban J connectivity index is 0.967. The first-order valence-corrected chi connectivity index (χ1v) is 25.5. The van der Waals surface area contributed by atoms with Crippen LogP contribution < -0.4 is 0 Å². The van der Waals surface area contributed by atoms with Gasteiger partial charge in [0.2, 0.25) is 0 Å². The zero-order valence-electron chi connectivity index (χ0n) is 40.7. The molecule has 0 N–H and O–H groups in total. The van der Waals surface area contributed by atoms with Gasteiger partial charge >= 0.3 is 0 Å². The van der Waals surface area contributed by atoms with E-state index in [4.69, 9.17) is 15.0 Å². The molecule has 0 unspecified atom stereocenters. The van der Waals surface area contributed by atoms with Gasteiger partial charge in [0.1, 0.15) is 0 Å². The maximum Gasteiger partial charge on any atom is 0.164 e. The van der Waals surface area contributed by atoms with Crippen LogP contribution in [0.4, 0.5) is 0 Å². The number of benzene rings is 9. The molecule has 0 aliphatic rings. The normalized spacial score (nSPS) is 11.9. The summed E-state index contributed by atoms with van der Waals surface area (Å²) in [5, 5.41) is 9.18. The van der Waals surface area contributed by atoms with Gasteiger partial charge in [-0.15, -0.1) is 0 Å². The second kappa shape index (κ2) is 16.5. The molecule has 7 aromatic heterocycles. The second-order valence-electron chi connectivity index (χ2n) is 19.4. The van der Waals surface area contributed by atoms with E-state index in [-0.39, 0.29) is 0 Å². The van der Waals surface area contributed by atoms with Gasteiger partial charge in [0.25, 0.3) is 0 Å². The summed E-state index contributed by atoms with van der Waals surface area (Å²) in [7, 11) is 0. The minimum absolute atomic E-state index is 0.573. The fraction of sp³-hybridized carbons (Fsp3) is 0. The highest BCUT2D eigenvalue weighted by molar-refractivity contribution is 6.14. The van der Waals surface area contributed by atoms with E-state index in [0.717, 1.165) is 116 Å². The van der Waals surface area contributed by atoms with Crippen molar-refractivity contribution in [3.8, 4) is 56.9 Å². The number of nitrogens with zero attached hydrogens (tertiary/aromatic N) is 9. The van der Waals surface area contributed by atoms with Gasteiger partial charge in [-0.25, -0.2) is 15.0 Å². The van der Waals surface area contributed by atoms with Crippen molar-refractivity contribution in [3.63, 3.8) is 0 Å². The first-order chi connectivity index (χ1) is 37.7. The van der Waals surface area contributed by atoms with Crippen molar-refractivity contribution in [1.29, 1.82) is 0 Å². The maximum atomic E-state index is 5.32. The molecule has 76 heavy (non-hydrogen) atoms. The first kappa shape index (κ1) is 42.0. The third-order valence-electron chi connectivity index (χ3n) is 15.2. The summed E-state index contributed by atoms with van der Waals surface area (Å²) < 4.78 is 9.52. The molecule has 0 radical (unpaired) electrons. The van der Waals surface area contributed by atoms with Crippen LogP contribution in [0.5, 0.6) is 0 Å². The minimum atomic E-state index is 0.573. The van der Waals surface area contributed by atoms with Crippen molar-refractivity contribution in [1.82, 2.24) is 43.2 Å². The molecule has 16 aromatic rings. The molecule has 0 saturated heterocycles. The number of rotatable bonds is 7. The topological polar surface area (TPSA) is 84.2 Å². The molecule has 0 fully saturated rings. The molecule has 0 amide bonds. The Morgan fingerprint density at radius 1 is 0.224 bits per heavy atom. The predicted octanol–water partition coefficient (Wildman–Crippen LogP) is 16.1. The molecule has 9 nitrogen and oxygen atoms in total. The smallest absolute Gasteiger partial charge is 0.164 e. The molecular weight excluding hydrogens is 931 g/mol. The molecule has 0 atom stereocenters. The van der Waals surface area contributed by atoms with Crippen LogP contribution in [0.15, 0.2) is 249 Å². The summed E-state index contributed by atoms with van der Waals surface area (Å²) in [6.45, 7) is 0. The molecular formula is C67H41N9. The zero-order valence-corrected chi connectivity index (χ0v) is 40.7. The van der Waals surface area contributed by atoms with Crippen molar-refractivity contribution >= 4 is 87.2 Å². The van der Waals surface area contributed by atoms with E-state index in [9.17, 15) is 0 Å². The van der Waals surface area contributed by atoms with Gasteiger partial charge in [-0.1, -0.05) is 133 Å². The molecule has 354 valence electrons. The largest absolute Gasteiger partial charge is 0.309 e. The van der Waals surface area contributed by atoms with Crippen molar-refractivity contribution < 1.29 is 0 Å². The van der Waals surface area contributed by atoms with E-state index in [2.05, 4.69) is 216 Å². The van der Waals surface area contributed by atoms with Gasteiger partial charge in [0.05, 0.1) is 44.1 Å². The molecule has 0 aliphatic heterocycles. The third kappa shape index (κ3) is 6.36. The van der Waals surface area contributed by atoms with Crippen molar-refractivity contribution in [3.05, 3.63) is 249 Å². The first-order valence-electron chi connectivity index (χ1n) is 25.5. The third-order valence-corrected chi connectivity index (χ3v) is 15.2. The van der Waals surface area contributed by atoms with Crippen LogP contribution in [-0.4, -0.2) is 43.2 Å². The monoisotopic (exact) mass is 971 g/mol. The molecule has 0 bridgehead atoms. The van der Waals surface area contributed by atoms with Gasteiger partial charge < -0.3 is 18.3 Å². The minimum Gasteiger partial charge on any atom is -0.309 e. The molecule has 0 saturated carbocycles. The SMILES string of the molecule is c1ccc(-c2nc(-c3ccccc3)nc(-c3cc(-n4c5ccccc5c5cc(-n6c7ccccc7c7cnccc76)ccc54)cc(-n4c5ccccc5c5cc(-n6c7ccccc7c7cnccc76)ccc54)c3)n2)cc1. The molecule has 9 heteroatoms. The summed E-state index contributed by atoms with van der Waals surface area (Å²) in [6, 6.07) is 79.7. The van der Waals surface area contributed by atoms with Crippen LogP contribution in [0, 0.1) is 0 Å². The number of pyridine rings is 2. The van der Waals surface area contributed by atoms with Crippen LogP contribution in [0.3, 0.4) is 0 Å². The highest BCUT2D eigenvalue weighted by atomic mass is 15.1. The van der Waals surface area contributed by atoms with Crippen molar-refractivity contribution in [2.45, 2.75) is 0 Å². The Morgan fingerprint density at radius 2 is 0.553 bits per heavy atom. The van der Waals surface area contributed by atoms with E-state index in [1.807, 2.05) is 61.2 Å². The zero-order chi connectivity index (χ0) is 49.8. The Hall–Kier alpha value is -10.5. The summed E-state index contributed by atoms with van der Waals surface area (Å²) in [6.07, 6.45) is 7.71.